The predicted octanol–water partition coefficient (Wildman–Crippen LogP) is 2.78. The molecule has 3 heterocycles. The molecule has 0 fully saturated rings. The van der Waals surface area contributed by atoms with Crippen LogP contribution in [0.25, 0.3) is 10.9 Å². The highest BCUT2D eigenvalue weighted by atomic mass is 32.1. The smallest absolute Gasteiger partial charge is 0.275 e. The predicted molar refractivity (Wildman–Crippen MR) is 81.4 cm³/mol. The molecule has 0 radical (unpaired) electrons. The fraction of sp³-hybridized carbons (Fsp3) is 0.267. The van der Waals surface area contributed by atoms with E-state index in [4.69, 9.17) is 0 Å². The van der Waals surface area contributed by atoms with Crippen molar-refractivity contribution in [1.82, 2.24) is 18.6 Å². The van der Waals surface area contributed by atoms with Crippen LogP contribution < -0.4 is 0 Å². The van der Waals surface area contributed by atoms with E-state index in [-0.39, 0.29) is 11.9 Å². The van der Waals surface area contributed by atoms with Crippen LogP contribution in [-0.4, -0.2) is 31.1 Å². The second-order valence-corrected chi connectivity index (χ2v) is 5.84. The normalized spacial score (nSPS) is 18.0. The number of benzene rings is 1. The Bertz CT molecular complexity index is 808. The third-order valence-corrected chi connectivity index (χ3v) is 4.65. The molecular weight excluding hydrogens is 284 g/mol. The molecule has 5 nitrogen and oxygen atoms in total. The zero-order valence-corrected chi connectivity index (χ0v) is 12.4. The average molecular weight is 298 g/mol. The van der Waals surface area contributed by atoms with Gasteiger partial charge in [0.2, 0.25) is 0 Å². The first-order chi connectivity index (χ1) is 10.3. The number of para-hydroxylation sites is 1. The van der Waals surface area contributed by atoms with Gasteiger partial charge in [-0.25, -0.2) is 0 Å². The molecular formula is C15H14N4OS. The number of rotatable bonds is 1. The Balaban J connectivity index is 1.75. The van der Waals surface area contributed by atoms with Gasteiger partial charge in [-0.2, -0.15) is 8.75 Å². The number of amides is 1. The summed E-state index contributed by atoms with van der Waals surface area (Å²) in [5.41, 5.74) is 4.04. The van der Waals surface area contributed by atoms with Crippen molar-refractivity contribution in [2.45, 2.75) is 19.4 Å². The SMILES string of the molecule is CC1c2[nH]c3ccccc3c2CCN1C(=O)c1cnsn1. The monoisotopic (exact) mass is 298 g/mol. The lowest BCUT2D eigenvalue weighted by Crippen LogP contribution is -2.38. The van der Waals surface area contributed by atoms with Gasteiger partial charge < -0.3 is 9.88 Å². The first kappa shape index (κ1) is 12.5. The fourth-order valence-electron chi connectivity index (χ4n) is 3.11. The number of carbonyl (C=O) groups excluding carboxylic acids is 1. The standard InChI is InChI=1S/C15H14N4OS/c1-9-14-11(10-4-2-3-5-12(10)17-14)6-7-19(9)15(20)13-8-16-21-18-13/h2-5,8-9,17H,6-7H2,1H3. The van der Waals surface area contributed by atoms with Gasteiger partial charge in [0.25, 0.3) is 5.91 Å². The van der Waals surface area contributed by atoms with Gasteiger partial charge in [0, 0.05) is 23.1 Å². The van der Waals surface area contributed by atoms with Crippen LogP contribution in [0.15, 0.2) is 30.5 Å². The molecule has 6 heteroatoms. The largest absolute Gasteiger partial charge is 0.356 e. The summed E-state index contributed by atoms with van der Waals surface area (Å²) in [5, 5.41) is 1.27. The summed E-state index contributed by atoms with van der Waals surface area (Å²) in [7, 11) is 0. The summed E-state index contributed by atoms with van der Waals surface area (Å²) in [6.45, 7) is 2.78. The second kappa shape index (κ2) is 4.66. The summed E-state index contributed by atoms with van der Waals surface area (Å²) in [5.74, 6) is -0.0412. The molecule has 4 rings (SSSR count). The minimum atomic E-state index is -0.0412. The van der Waals surface area contributed by atoms with Gasteiger partial charge in [-0.05, 0) is 25.0 Å². The number of hydrogen-bond acceptors (Lipinski definition) is 4. The molecule has 106 valence electrons. The molecule has 0 saturated carbocycles. The highest BCUT2D eigenvalue weighted by Gasteiger charge is 2.31. The van der Waals surface area contributed by atoms with Gasteiger partial charge in [0.1, 0.15) is 0 Å². The van der Waals surface area contributed by atoms with Gasteiger partial charge in [0.15, 0.2) is 5.69 Å². The Kier molecular flexibility index (Phi) is 2.78. The van der Waals surface area contributed by atoms with Crippen LogP contribution >= 0.6 is 11.7 Å². The fourth-order valence-corrected chi connectivity index (χ4v) is 3.52. The maximum atomic E-state index is 12.5. The van der Waals surface area contributed by atoms with Gasteiger partial charge >= 0.3 is 0 Å². The van der Waals surface area contributed by atoms with Gasteiger partial charge in [-0.15, -0.1) is 0 Å². The van der Waals surface area contributed by atoms with Crippen molar-refractivity contribution in [3.8, 4) is 0 Å². The summed E-state index contributed by atoms with van der Waals surface area (Å²) in [4.78, 5) is 17.9. The number of nitrogens with one attached hydrogen (secondary N) is 1. The molecule has 1 aliphatic heterocycles. The summed E-state index contributed by atoms with van der Waals surface area (Å²) in [6.07, 6.45) is 2.41. The molecule has 1 unspecified atom stereocenters. The summed E-state index contributed by atoms with van der Waals surface area (Å²) in [6, 6.07) is 8.32. The van der Waals surface area contributed by atoms with E-state index in [1.165, 1.54) is 10.9 Å². The molecule has 0 saturated heterocycles. The molecule has 1 aliphatic rings. The minimum Gasteiger partial charge on any atom is -0.356 e. The van der Waals surface area contributed by atoms with E-state index in [1.54, 1.807) is 6.20 Å². The van der Waals surface area contributed by atoms with Crippen molar-refractivity contribution in [1.29, 1.82) is 0 Å². The van der Waals surface area contributed by atoms with E-state index in [9.17, 15) is 4.79 Å². The van der Waals surface area contributed by atoms with Gasteiger partial charge in [-0.1, -0.05) is 18.2 Å². The highest BCUT2D eigenvalue weighted by molar-refractivity contribution is 6.99. The number of H-pyrrole nitrogens is 1. The van der Waals surface area contributed by atoms with Crippen molar-refractivity contribution in [2.24, 2.45) is 0 Å². The first-order valence-corrected chi connectivity index (χ1v) is 7.67. The Morgan fingerprint density at radius 3 is 3.10 bits per heavy atom. The van der Waals surface area contributed by atoms with Crippen molar-refractivity contribution in [3.05, 3.63) is 47.4 Å². The average Bonchev–Trinajstić information content (AvgIpc) is 3.15. The Morgan fingerprint density at radius 2 is 2.29 bits per heavy atom. The lowest BCUT2D eigenvalue weighted by molar-refractivity contribution is 0.0669. The van der Waals surface area contributed by atoms with Crippen molar-refractivity contribution >= 4 is 28.5 Å². The van der Waals surface area contributed by atoms with E-state index >= 15 is 0 Å². The van der Waals surface area contributed by atoms with Crippen LogP contribution in [0.2, 0.25) is 0 Å². The first-order valence-electron chi connectivity index (χ1n) is 6.93. The summed E-state index contributed by atoms with van der Waals surface area (Å²) >= 11 is 1.07. The Labute approximate surface area is 125 Å². The Hall–Kier alpha value is -2.21. The number of nitrogens with zero attached hydrogens (tertiary/aromatic N) is 3. The second-order valence-electron chi connectivity index (χ2n) is 5.28. The van der Waals surface area contributed by atoms with Crippen LogP contribution in [0.3, 0.4) is 0 Å². The van der Waals surface area contributed by atoms with E-state index in [0.29, 0.717) is 12.2 Å². The minimum absolute atomic E-state index is 0.0235. The number of aromatic nitrogens is 3. The number of aromatic amines is 1. The van der Waals surface area contributed by atoms with E-state index < -0.39 is 0 Å². The molecule has 1 atom stereocenters. The summed E-state index contributed by atoms with van der Waals surface area (Å²) < 4.78 is 7.97. The third kappa shape index (κ3) is 1.86. The molecule has 21 heavy (non-hydrogen) atoms. The molecule has 3 aromatic rings. The van der Waals surface area contributed by atoms with E-state index in [2.05, 4.69) is 38.9 Å². The maximum absolute atomic E-state index is 12.5. The molecule has 1 amide bonds. The van der Waals surface area contributed by atoms with Crippen LogP contribution in [0, 0.1) is 0 Å². The van der Waals surface area contributed by atoms with Crippen molar-refractivity contribution in [2.75, 3.05) is 6.54 Å². The van der Waals surface area contributed by atoms with E-state index in [0.717, 1.165) is 29.4 Å². The highest BCUT2D eigenvalue weighted by Crippen LogP contribution is 2.34. The lowest BCUT2D eigenvalue weighted by atomic mass is 9.98. The maximum Gasteiger partial charge on any atom is 0.275 e. The topological polar surface area (TPSA) is 61.9 Å². The molecule has 1 N–H and O–H groups in total. The van der Waals surface area contributed by atoms with Crippen LogP contribution in [-0.2, 0) is 6.42 Å². The molecule has 0 aliphatic carbocycles. The lowest BCUT2D eigenvalue weighted by Gasteiger charge is -2.33. The third-order valence-electron chi connectivity index (χ3n) is 4.18. The van der Waals surface area contributed by atoms with Crippen molar-refractivity contribution < 1.29 is 4.79 Å². The van der Waals surface area contributed by atoms with Gasteiger partial charge in [-0.3, -0.25) is 4.79 Å². The molecule has 0 spiro atoms. The quantitative estimate of drug-likeness (QED) is 0.751. The molecule has 1 aromatic carbocycles. The molecule has 0 bridgehead atoms. The van der Waals surface area contributed by atoms with E-state index in [1.807, 2.05) is 11.0 Å². The zero-order chi connectivity index (χ0) is 14.4. The molecule has 2 aromatic heterocycles. The number of fused-ring (bicyclic) bond motifs is 3. The zero-order valence-electron chi connectivity index (χ0n) is 11.5. The van der Waals surface area contributed by atoms with Crippen molar-refractivity contribution in [3.63, 3.8) is 0 Å². The van der Waals surface area contributed by atoms with Gasteiger partial charge in [0.05, 0.1) is 24.0 Å². The van der Waals surface area contributed by atoms with Crippen LogP contribution in [0.5, 0.6) is 0 Å². The van der Waals surface area contributed by atoms with Crippen LogP contribution in [0.1, 0.15) is 34.7 Å². The number of carbonyl (C=O) groups is 1. The number of hydrogen-bond donors (Lipinski definition) is 1. The Morgan fingerprint density at radius 1 is 1.43 bits per heavy atom. The van der Waals surface area contributed by atoms with Crippen LogP contribution in [0.4, 0.5) is 0 Å².